The maximum absolute atomic E-state index is 12.1. The van der Waals surface area contributed by atoms with Gasteiger partial charge in [-0.15, -0.1) is 0 Å². The minimum Gasteiger partial charge on any atom is -0.465 e. The van der Waals surface area contributed by atoms with Gasteiger partial charge in [0.15, 0.2) is 0 Å². The van der Waals surface area contributed by atoms with Crippen LogP contribution in [0.15, 0.2) is 60.1 Å². The Balaban J connectivity index is 2.15. The number of amides is 3. The molecule has 1 unspecified atom stereocenters. The standard InChI is InChI=1S/C17H14N4O3/c1-11-14(10-18)15(21(17(23)24)16(22)19-11)12-5-4-6-13(9-12)20-7-2-3-8-20/h2-9,15H,1H3,(H,19,22)(H,23,24). The highest BCUT2D eigenvalue weighted by atomic mass is 16.4. The first-order valence-electron chi connectivity index (χ1n) is 7.20. The highest BCUT2D eigenvalue weighted by molar-refractivity contribution is 5.93. The fourth-order valence-electron chi connectivity index (χ4n) is 2.76. The zero-order valence-corrected chi connectivity index (χ0v) is 12.8. The lowest BCUT2D eigenvalue weighted by Gasteiger charge is -2.33. The number of urea groups is 1. The largest absolute Gasteiger partial charge is 0.465 e. The molecule has 1 atom stereocenters. The second-order valence-electron chi connectivity index (χ2n) is 5.32. The molecule has 1 aromatic carbocycles. The summed E-state index contributed by atoms with van der Waals surface area (Å²) in [5, 5.41) is 21.3. The number of carboxylic acid groups (broad SMARTS) is 1. The van der Waals surface area contributed by atoms with Gasteiger partial charge in [0.2, 0.25) is 0 Å². The molecule has 0 radical (unpaired) electrons. The summed E-state index contributed by atoms with van der Waals surface area (Å²) >= 11 is 0. The van der Waals surface area contributed by atoms with E-state index < -0.39 is 18.2 Å². The number of aromatic nitrogens is 1. The lowest BCUT2D eigenvalue weighted by atomic mass is 9.94. The molecular formula is C17H14N4O3. The molecule has 7 nitrogen and oxygen atoms in total. The van der Waals surface area contributed by atoms with E-state index in [1.165, 1.54) is 0 Å². The molecule has 2 N–H and O–H groups in total. The molecule has 3 amide bonds. The first-order chi connectivity index (χ1) is 11.5. The van der Waals surface area contributed by atoms with Gasteiger partial charge in [0.25, 0.3) is 0 Å². The van der Waals surface area contributed by atoms with Crippen molar-refractivity contribution in [3.63, 3.8) is 0 Å². The van der Waals surface area contributed by atoms with Crippen LogP contribution in [0.4, 0.5) is 9.59 Å². The number of imide groups is 1. The van der Waals surface area contributed by atoms with Gasteiger partial charge in [-0.25, -0.2) is 14.5 Å². The van der Waals surface area contributed by atoms with Crippen LogP contribution in [-0.2, 0) is 0 Å². The third-order valence-electron chi connectivity index (χ3n) is 3.86. The molecule has 1 aliphatic heterocycles. The van der Waals surface area contributed by atoms with Gasteiger partial charge >= 0.3 is 12.1 Å². The second kappa shape index (κ2) is 5.93. The summed E-state index contributed by atoms with van der Waals surface area (Å²) in [5.41, 5.74) is 1.91. The van der Waals surface area contributed by atoms with Gasteiger partial charge in [-0.3, -0.25) is 0 Å². The molecule has 2 heterocycles. The molecular weight excluding hydrogens is 308 g/mol. The van der Waals surface area contributed by atoms with E-state index in [9.17, 15) is 20.0 Å². The van der Waals surface area contributed by atoms with Crippen LogP contribution in [0.2, 0.25) is 0 Å². The van der Waals surface area contributed by atoms with Crippen molar-refractivity contribution in [2.24, 2.45) is 0 Å². The first kappa shape index (κ1) is 15.4. The minimum atomic E-state index is -1.41. The van der Waals surface area contributed by atoms with E-state index in [2.05, 4.69) is 5.32 Å². The molecule has 0 saturated carbocycles. The first-order valence-corrected chi connectivity index (χ1v) is 7.20. The van der Waals surface area contributed by atoms with Gasteiger partial charge in [0, 0.05) is 23.8 Å². The molecule has 1 aromatic heterocycles. The van der Waals surface area contributed by atoms with Crippen molar-refractivity contribution < 1.29 is 14.7 Å². The molecule has 0 bridgehead atoms. The number of carbonyl (C=O) groups excluding carboxylic acids is 1. The van der Waals surface area contributed by atoms with Crippen molar-refractivity contribution in [3.8, 4) is 11.8 Å². The van der Waals surface area contributed by atoms with Crippen molar-refractivity contribution in [1.29, 1.82) is 5.26 Å². The average molecular weight is 322 g/mol. The molecule has 0 fully saturated rings. The van der Waals surface area contributed by atoms with E-state index >= 15 is 0 Å². The van der Waals surface area contributed by atoms with Crippen molar-refractivity contribution in [3.05, 3.63) is 65.6 Å². The molecule has 3 rings (SSSR count). The number of nitrogens with one attached hydrogen (secondary N) is 1. The van der Waals surface area contributed by atoms with E-state index in [4.69, 9.17) is 0 Å². The quantitative estimate of drug-likeness (QED) is 0.888. The highest BCUT2D eigenvalue weighted by Crippen LogP contribution is 2.33. The Hall–Kier alpha value is -3.53. The molecule has 0 aliphatic carbocycles. The number of nitrogens with zero attached hydrogens (tertiary/aromatic N) is 3. The van der Waals surface area contributed by atoms with Gasteiger partial charge in [-0.1, -0.05) is 12.1 Å². The summed E-state index contributed by atoms with van der Waals surface area (Å²) < 4.78 is 1.86. The second-order valence-corrected chi connectivity index (χ2v) is 5.32. The maximum Gasteiger partial charge on any atom is 0.416 e. The zero-order chi connectivity index (χ0) is 17.3. The van der Waals surface area contributed by atoms with Crippen molar-refractivity contribution in [2.75, 3.05) is 0 Å². The van der Waals surface area contributed by atoms with Crippen molar-refractivity contribution >= 4 is 12.1 Å². The van der Waals surface area contributed by atoms with Crippen molar-refractivity contribution in [2.45, 2.75) is 13.0 Å². The van der Waals surface area contributed by atoms with Gasteiger partial charge < -0.3 is 15.0 Å². The van der Waals surface area contributed by atoms with Crippen LogP contribution < -0.4 is 5.32 Å². The summed E-state index contributed by atoms with van der Waals surface area (Å²) in [4.78, 5) is 24.3. The third-order valence-corrected chi connectivity index (χ3v) is 3.86. The SMILES string of the molecule is CC1=C(C#N)C(c2cccc(-n3cccc3)c2)N(C(=O)O)C(=O)N1. The number of hydrogen-bond acceptors (Lipinski definition) is 3. The summed E-state index contributed by atoms with van der Waals surface area (Å²) in [6, 6.07) is 11.1. The summed E-state index contributed by atoms with van der Waals surface area (Å²) in [5.74, 6) is 0. The smallest absolute Gasteiger partial charge is 0.416 e. The van der Waals surface area contributed by atoms with E-state index in [0.29, 0.717) is 16.2 Å². The number of nitriles is 1. The fourth-order valence-corrected chi connectivity index (χ4v) is 2.76. The summed E-state index contributed by atoms with van der Waals surface area (Å²) in [6.07, 6.45) is 2.30. The van der Waals surface area contributed by atoms with E-state index in [1.54, 1.807) is 25.1 Å². The van der Waals surface area contributed by atoms with Gasteiger partial charge in [-0.05, 0) is 36.8 Å². The van der Waals surface area contributed by atoms with Gasteiger partial charge in [0.1, 0.15) is 6.04 Å². The van der Waals surface area contributed by atoms with E-state index in [1.807, 2.05) is 41.2 Å². The van der Waals surface area contributed by atoms with Gasteiger partial charge in [0.05, 0.1) is 11.6 Å². The number of rotatable bonds is 2. The molecule has 7 heteroatoms. The Morgan fingerprint density at radius 2 is 2.00 bits per heavy atom. The fraction of sp³-hybridized carbons (Fsp3) is 0.118. The third kappa shape index (κ3) is 2.50. The Labute approximate surface area is 138 Å². The van der Waals surface area contributed by atoms with Gasteiger partial charge in [-0.2, -0.15) is 5.26 Å². The molecule has 24 heavy (non-hydrogen) atoms. The van der Waals surface area contributed by atoms with E-state index in [-0.39, 0.29) is 5.57 Å². The molecule has 120 valence electrons. The maximum atomic E-state index is 12.1. The predicted octanol–water partition coefficient (Wildman–Crippen LogP) is 3.02. The summed E-state index contributed by atoms with van der Waals surface area (Å²) in [6.45, 7) is 1.58. The van der Waals surface area contributed by atoms with Crippen LogP contribution in [0.1, 0.15) is 18.5 Å². The molecule has 2 aromatic rings. The van der Waals surface area contributed by atoms with Crippen LogP contribution in [0, 0.1) is 11.3 Å². The zero-order valence-electron chi connectivity index (χ0n) is 12.8. The predicted molar refractivity (Wildman–Crippen MR) is 85.2 cm³/mol. The normalized spacial score (nSPS) is 17.4. The molecule has 0 saturated heterocycles. The number of carbonyl (C=O) groups is 2. The number of hydrogen-bond donors (Lipinski definition) is 2. The van der Waals surface area contributed by atoms with Crippen LogP contribution in [0.5, 0.6) is 0 Å². The van der Waals surface area contributed by atoms with Crippen LogP contribution in [0.3, 0.4) is 0 Å². The summed E-state index contributed by atoms with van der Waals surface area (Å²) in [7, 11) is 0. The van der Waals surface area contributed by atoms with Crippen LogP contribution in [0.25, 0.3) is 5.69 Å². The average Bonchev–Trinajstić information content (AvgIpc) is 3.08. The Morgan fingerprint density at radius 1 is 1.29 bits per heavy atom. The molecule has 0 spiro atoms. The Morgan fingerprint density at radius 3 is 2.62 bits per heavy atom. The monoisotopic (exact) mass is 322 g/mol. The topological polar surface area (TPSA) is 98.4 Å². The minimum absolute atomic E-state index is 0.196. The number of allylic oxidation sites excluding steroid dienone is 1. The van der Waals surface area contributed by atoms with Crippen LogP contribution >= 0.6 is 0 Å². The van der Waals surface area contributed by atoms with Crippen LogP contribution in [-0.4, -0.2) is 26.7 Å². The van der Waals surface area contributed by atoms with Crippen molar-refractivity contribution in [1.82, 2.24) is 14.8 Å². The Kier molecular flexibility index (Phi) is 3.80. The van der Waals surface area contributed by atoms with E-state index in [0.717, 1.165) is 5.69 Å². The number of benzene rings is 1. The lowest BCUT2D eigenvalue weighted by molar-refractivity contribution is 0.136. The lowest BCUT2D eigenvalue weighted by Crippen LogP contribution is -2.49. The molecule has 1 aliphatic rings. The Bertz CT molecular complexity index is 877. The highest BCUT2D eigenvalue weighted by Gasteiger charge is 2.38.